The summed E-state index contributed by atoms with van der Waals surface area (Å²) in [6, 6.07) is 30.6. The number of nitrogens with zero attached hydrogens (tertiary/aromatic N) is 2. The van der Waals surface area contributed by atoms with Crippen LogP contribution in [0.1, 0.15) is 22.9 Å². The van der Waals surface area contributed by atoms with Crippen molar-refractivity contribution in [1.29, 1.82) is 0 Å². The van der Waals surface area contributed by atoms with Crippen LogP contribution in [0.4, 0.5) is 11.4 Å². The van der Waals surface area contributed by atoms with Crippen molar-refractivity contribution in [2.75, 3.05) is 30.0 Å². The second kappa shape index (κ2) is 7.99. The largest absolute Gasteiger partial charge is 0.496 e. The van der Waals surface area contributed by atoms with Crippen LogP contribution in [0.2, 0.25) is 0 Å². The number of hydrogen-bond acceptors (Lipinski definition) is 3. The number of aryl methyl sites for hydroxylation is 2. The number of rotatable bonds is 4. The second-order valence-corrected chi connectivity index (χ2v) is 8.33. The molecule has 0 saturated carbocycles. The first-order chi connectivity index (χ1) is 15.2. The summed E-state index contributed by atoms with van der Waals surface area (Å²) in [6.07, 6.45) is 0.0477. The Bertz CT molecular complexity index is 1140. The summed E-state index contributed by atoms with van der Waals surface area (Å²) in [5, 5.41) is 2.47. The second-order valence-electron chi connectivity index (χ2n) is 8.33. The van der Waals surface area contributed by atoms with Gasteiger partial charge in [0.05, 0.1) is 7.11 Å². The Balaban J connectivity index is 1.72. The van der Waals surface area contributed by atoms with Gasteiger partial charge in [0.25, 0.3) is 0 Å². The van der Waals surface area contributed by atoms with Crippen LogP contribution in [0.5, 0.6) is 5.75 Å². The molecule has 31 heavy (non-hydrogen) atoms. The monoisotopic (exact) mass is 408 g/mol. The third-order valence-electron chi connectivity index (χ3n) is 6.31. The smallest absolute Gasteiger partial charge is 0.132 e. The van der Waals surface area contributed by atoms with E-state index in [1.54, 1.807) is 7.11 Å². The lowest BCUT2D eigenvalue weighted by Gasteiger charge is -2.35. The molecule has 1 aliphatic rings. The summed E-state index contributed by atoms with van der Waals surface area (Å²) in [4.78, 5) is 5.01. The minimum absolute atomic E-state index is 0.0477. The molecule has 0 unspecified atom stereocenters. The molecular formula is C28H28N2O. The van der Waals surface area contributed by atoms with E-state index in [4.69, 9.17) is 4.74 Å². The van der Waals surface area contributed by atoms with E-state index in [1.807, 2.05) is 0 Å². The highest BCUT2D eigenvalue weighted by atomic mass is 16.5. The fraction of sp³-hybridized carbons (Fsp3) is 0.214. The summed E-state index contributed by atoms with van der Waals surface area (Å²) in [5.74, 6) is 0.930. The number of methoxy groups -OCH3 is 1. The van der Waals surface area contributed by atoms with Crippen LogP contribution in [-0.2, 0) is 0 Å². The standard InChI is InChI=1S/C28H28N2O/c1-20-8-13-23(14-9-20)29-18-19-30(24-15-10-21(2)11-16-24)28(29)27-25-7-5-4-6-22(25)12-17-26(27)31-3/h4-17,28H,18-19H2,1-3H3. The fourth-order valence-corrected chi connectivity index (χ4v) is 4.67. The number of benzene rings is 4. The van der Waals surface area contributed by atoms with Crippen molar-refractivity contribution in [3.63, 3.8) is 0 Å². The zero-order valence-corrected chi connectivity index (χ0v) is 18.4. The molecule has 156 valence electrons. The van der Waals surface area contributed by atoms with Gasteiger partial charge in [-0.2, -0.15) is 0 Å². The molecule has 0 bridgehead atoms. The van der Waals surface area contributed by atoms with Gasteiger partial charge < -0.3 is 14.5 Å². The maximum absolute atomic E-state index is 5.92. The van der Waals surface area contributed by atoms with Gasteiger partial charge in [0.2, 0.25) is 0 Å². The van der Waals surface area contributed by atoms with Crippen molar-refractivity contribution in [2.24, 2.45) is 0 Å². The van der Waals surface area contributed by atoms with E-state index in [0.29, 0.717) is 0 Å². The molecule has 1 fully saturated rings. The van der Waals surface area contributed by atoms with Crippen molar-refractivity contribution in [1.82, 2.24) is 0 Å². The normalized spacial score (nSPS) is 14.4. The predicted octanol–water partition coefficient (Wildman–Crippen LogP) is 6.49. The first-order valence-electron chi connectivity index (χ1n) is 10.9. The van der Waals surface area contributed by atoms with E-state index in [2.05, 4.69) is 109 Å². The number of fused-ring (bicyclic) bond motifs is 1. The first-order valence-corrected chi connectivity index (χ1v) is 10.9. The molecule has 0 N–H and O–H groups in total. The minimum Gasteiger partial charge on any atom is -0.496 e. The van der Waals surface area contributed by atoms with Crippen molar-refractivity contribution < 1.29 is 4.74 Å². The van der Waals surface area contributed by atoms with E-state index in [1.165, 1.54) is 38.8 Å². The maximum Gasteiger partial charge on any atom is 0.132 e. The van der Waals surface area contributed by atoms with E-state index in [0.717, 1.165) is 18.8 Å². The molecule has 0 radical (unpaired) electrons. The van der Waals surface area contributed by atoms with Crippen molar-refractivity contribution in [3.8, 4) is 5.75 Å². The van der Waals surface area contributed by atoms with Gasteiger partial charge >= 0.3 is 0 Å². The van der Waals surface area contributed by atoms with E-state index in [9.17, 15) is 0 Å². The molecule has 4 aromatic rings. The van der Waals surface area contributed by atoms with Gasteiger partial charge in [-0.05, 0) is 55.0 Å². The lowest BCUT2D eigenvalue weighted by Crippen LogP contribution is -2.31. The summed E-state index contributed by atoms with van der Waals surface area (Å²) < 4.78 is 5.92. The van der Waals surface area contributed by atoms with Gasteiger partial charge in [-0.25, -0.2) is 0 Å². The summed E-state index contributed by atoms with van der Waals surface area (Å²) in [5.41, 5.74) is 6.25. The molecule has 0 atom stereocenters. The summed E-state index contributed by atoms with van der Waals surface area (Å²) >= 11 is 0. The fourth-order valence-electron chi connectivity index (χ4n) is 4.67. The molecule has 1 saturated heterocycles. The molecule has 0 aromatic heterocycles. The highest BCUT2D eigenvalue weighted by Crippen LogP contribution is 2.44. The molecule has 0 spiro atoms. The van der Waals surface area contributed by atoms with Gasteiger partial charge in [0.15, 0.2) is 0 Å². The average Bonchev–Trinajstić information content (AvgIpc) is 3.23. The van der Waals surface area contributed by atoms with Crippen LogP contribution < -0.4 is 14.5 Å². The molecule has 0 aliphatic carbocycles. The van der Waals surface area contributed by atoms with E-state index < -0.39 is 0 Å². The van der Waals surface area contributed by atoms with Crippen LogP contribution in [0.15, 0.2) is 84.9 Å². The zero-order valence-electron chi connectivity index (χ0n) is 18.4. The first kappa shape index (κ1) is 19.5. The summed E-state index contributed by atoms with van der Waals surface area (Å²) in [6.45, 7) is 6.18. The van der Waals surface area contributed by atoms with Gasteiger partial charge in [-0.15, -0.1) is 0 Å². The third kappa shape index (κ3) is 3.50. The Kier molecular flexibility index (Phi) is 5.03. The van der Waals surface area contributed by atoms with Crippen molar-refractivity contribution in [2.45, 2.75) is 20.0 Å². The Morgan fingerprint density at radius 2 is 1.23 bits per heavy atom. The Morgan fingerprint density at radius 1 is 0.677 bits per heavy atom. The van der Waals surface area contributed by atoms with Crippen LogP contribution >= 0.6 is 0 Å². The number of ether oxygens (including phenoxy) is 1. The van der Waals surface area contributed by atoms with Crippen LogP contribution in [0.3, 0.4) is 0 Å². The van der Waals surface area contributed by atoms with Gasteiger partial charge in [0, 0.05) is 30.0 Å². The van der Waals surface area contributed by atoms with Crippen molar-refractivity contribution in [3.05, 3.63) is 102 Å². The van der Waals surface area contributed by atoms with E-state index in [-0.39, 0.29) is 6.17 Å². The Labute approximate surface area is 184 Å². The van der Waals surface area contributed by atoms with Crippen LogP contribution in [0, 0.1) is 13.8 Å². The third-order valence-corrected chi connectivity index (χ3v) is 6.31. The number of hydrogen-bond donors (Lipinski definition) is 0. The highest BCUT2D eigenvalue weighted by Gasteiger charge is 2.36. The average molecular weight is 409 g/mol. The predicted molar refractivity (Wildman–Crippen MR) is 130 cm³/mol. The number of anilines is 2. The molecule has 3 nitrogen and oxygen atoms in total. The SMILES string of the molecule is COc1ccc2ccccc2c1C1N(c2ccc(C)cc2)CCN1c1ccc(C)cc1. The quantitative estimate of drug-likeness (QED) is 0.384. The Hall–Kier alpha value is -3.46. The maximum atomic E-state index is 5.92. The van der Waals surface area contributed by atoms with Crippen molar-refractivity contribution >= 4 is 22.1 Å². The topological polar surface area (TPSA) is 15.7 Å². The van der Waals surface area contributed by atoms with Crippen LogP contribution in [-0.4, -0.2) is 20.2 Å². The van der Waals surface area contributed by atoms with Gasteiger partial charge in [0.1, 0.15) is 11.9 Å². The molecule has 4 aromatic carbocycles. The molecule has 0 amide bonds. The molecule has 5 rings (SSSR count). The molecule has 3 heteroatoms. The van der Waals surface area contributed by atoms with Crippen LogP contribution in [0.25, 0.3) is 10.8 Å². The zero-order chi connectivity index (χ0) is 21.4. The van der Waals surface area contributed by atoms with Gasteiger partial charge in [-0.1, -0.05) is 65.7 Å². The minimum atomic E-state index is 0.0477. The summed E-state index contributed by atoms with van der Waals surface area (Å²) in [7, 11) is 1.77. The van der Waals surface area contributed by atoms with E-state index >= 15 is 0 Å². The Morgan fingerprint density at radius 3 is 1.77 bits per heavy atom. The molecule has 1 heterocycles. The molecule has 1 aliphatic heterocycles. The molecular weight excluding hydrogens is 380 g/mol. The lowest BCUT2D eigenvalue weighted by atomic mass is 9.99. The van der Waals surface area contributed by atoms with Gasteiger partial charge in [-0.3, -0.25) is 0 Å². The lowest BCUT2D eigenvalue weighted by molar-refractivity contribution is 0.407. The highest BCUT2D eigenvalue weighted by molar-refractivity contribution is 5.89.